The second kappa shape index (κ2) is 4.73. The molecule has 0 atom stereocenters. The molecule has 0 N–H and O–H groups in total. The predicted octanol–water partition coefficient (Wildman–Crippen LogP) is 4.38. The third-order valence-electron chi connectivity index (χ3n) is 2.63. The summed E-state index contributed by atoms with van der Waals surface area (Å²) < 4.78 is 51.9. The first-order valence-electron chi connectivity index (χ1n) is 5.29. The van der Waals surface area contributed by atoms with E-state index in [4.69, 9.17) is 5.26 Å². The molecule has 0 spiro atoms. The van der Waals surface area contributed by atoms with Gasteiger partial charge in [-0.3, -0.25) is 0 Å². The Morgan fingerprint density at radius 1 is 1.00 bits per heavy atom. The van der Waals surface area contributed by atoms with Gasteiger partial charge in [0.1, 0.15) is 5.82 Å². The van der Waals surface area contributed by atoms with E-state index >= 15 is 0 Å². The standard InChI is InChI=1S/C14H7F4N/c15-13-4-2-1-3-11(13)9-5-6-10(8-19)12(7-9)14(16,17)18/h1-7H. The van der Waals surface area contributed by atoms with Crippen molar-refractivity contribution in [3.63, 3.8) is 0 Å². The van der Waals surface area contributed by atoms with Gasteiger partial charge < -0.3 is 0 Å². The van der Waals surface area contributed by atoms with Gasteiger partial charge in [-0.25, -0.2) is 4.39 Å². The van der Waals surface area contributed by atoms with Crippen LogP contribution in [0.25, 0.3) is 11.1 Å². The molecule has 0 radical (unpaired) electrons. The highest BCUT2D eigenvalue weighted by molar-refractivity contribution is 5.66. The van der Waals surface area contributed by atoms with Crippen molar-refractivity contribution in [3.8, 4) is 17.2 Å². The molecule has 0 bridgehead atoms. The lowest BCUT2D eigenvalue weighted by atomic mass is 9.99. The molecule has 0 heterocycles. The fourth-order valence-electron chi connectivity index (χ4n) is 1.74. The van der Waals surface area contributed by atoms with Gasteiger partial charge in [0, 0.05) is 5.56 Å². The molecule has 2 rings (SSSR count). The molecule has 0 aliphatic rings. The molecule has 5 heteroatoms. The summed E-state index contributed by atoms with van der Waals surface area (Å²) >= 11 is 0. The summed E-state index contributed by atoms with van der Waals surface area (Å²) in [7, 11) is 0. The maximum Gasteiger partial charge on any atom is 0.417 e. The number of nitriles is 1. The van der Waals surface area contributed by atoms with Crippen LogP contribution in [0.5, 0.6) is 0 Å². The largest absolute Gasteiger partial charge is 0.417 e. The van der Waals surface area contributed by atoms with Gasteiger partial charge in [-0.05, 0) is 23.8 Å². The van der Waals surface area contributed by atoms with Crippen molar-refractivity contribution < 1.29 is 17.6 Å². The predicted molar refractivity (Wildman–Crippen MR) is 61.6 cm³/mol. The van der Waals surface area contributed by atoms with Crippen LogP contribution in [0.3, 0.4) is 0 Å². The molecule has 0 aliphatic carbocycles. The lowest BCUT2D eigenvalue weighted by Gasteiger charge is -2.11. The Kier molecular flexibility index (Phi) is 3.26. The first kappa shape index (κ1) is 13.1. The van der Waals surface area contributed by atoms with E-state index < -0.39 is 23.1 Å². The summed E-state index contributed by atoms with van der Waals surface area (Å²) in [5.41, 5.74) is -1.38. The van der Waals surface area contributed by atoms with E-state index in [9.17, 15) is 17.6 Å². The van der Waals surface area contributed by atoms with Crippen LogP contribution in [-0.2, 0) is 6.18 Å². The highest BCUT2D eigenvalue weighted by Crippen LogP contribution is 2.35. The van der Waals surface area contributed by atoms with Gasteiger partial charge in [0.05, 0.1) is 17.2 Å². The lowest BCUT2D eigenvalue weighted by molar-refractivity contribution is -0.137. The molecule has 2 aromatic rings. The molecule has 19 heavy (non-hydrogen) atoms. The zero-order valence-corrected chi connectivity index (χ0v) is 9.50. The number of halogens is 4. The van der Waals surface area contributed by atoms with E-state index in [1.807, 2.05) is 0 Å². The van der Waals surface area contributed by atoms with E-state index in [-0.39, 0.29) is 11.1 Å². The van der Waals surface area contributed by atoms with Crippen LogP contribution in [0.2, 0.25) is 0 Å². The zero-order valence-electron chi connectivity index (χ0n) is 9.50. The Hall–Kier alpha value is -2.35. The Morgan fingerprint density at radius 3 is 2.26 bits per heavy atom. The van der Waals surface area contributed by atoms with Crippen molar-refractivity contribution in [3.05, 3.63) is 59.4 Å². The van der Waals surface area contributed by atoms with Gasteiger partial charge in [0.15, 0.2) is 0 Å². The number of benzene rings is 2. The van der Waals surface area contributed by atoms with Gasteiger partial charge in [-0.1, -0.05) is 24.3 Å². The quantitative estimate of drug-likeness (QED) is 0.702. The molecule has 96 valence electrons. The van der Waals surface area contributed by atoms with Crippen LogP contribution in [0, 0.1) is 17.1 Å². The summed E-state index contributed by atoms with van der Waals surface area (Å²) in [6.45, 7) is 0. The van der Waals surface area contributed by atoms with E-state index in [1.54, 1.807) is 0 Å². The number of alkyl halides is 3. The minimum Gasteiger partial charge on any atom is -0.206 e. The van der Waals surface area contributed by atoms with Crippen LogP contribution in [0.4, 0.5) is 17.6 Å². The summed E-state index contributed by atoms with van der Waals surface area (Å²) in [6, 6.07) is 10.2. The number of nitrogens with zero attached hydrogens (tertiary/aromatic N) is 1. The molecule has 2 aromatic carbocycles. The van der Waals surface area contributed by atoms with Crippen LogP contribution in [0.15, 0.2) is 42.5 Å². The van der Waals surface area contributed by atoms with Gasteiger partial charge in [0.2, 0.25) is 0 Å². The van der Waals surface area contributed by atoms with Crippen molar-refractivity contribution in [2.75, 3.05) is 0 Å². The summed E-state index contributed by atoms with van der Waals surface area (Å²) in [4.78, 5) is 0. The highest BCUT2D eigenvalue weighted by Gasteiger charge is 2.34. The van der Waals surface area contributed by atoms with Gasteiger partial charge in [0.25, 0.3) is 0 Å². The Balaban J connectivity index is 2.63. The fraction of sp³-hybridized carbons (Fsp3) is 0.0714. The highest BCUT2D eigenvalue weighted by atomic mass is 19.4. The minimum atomic E-state index is -4.65. The van der Waals surface area contributed by atoms with Crippen molar-refractivity contribution in [1.82, 2.24) is 0 Å². The number of hydrogen-bond acceptors (Lipinski definition) is 1. The molecule has 0 saturated heterocycles. The Labute approximate surface area is 106 Å². The molecule has 0 fully saturated rings. The fourth-order valence-corrected chi connectivity index (χ4v) is 1.74. The van der Waals surface area contributed by atoms with Crippen molar-refractivity contribution in [1.29, 1.82) is 5.26 Å². The third kappa shape index (κ3) is 2.58. The van der Waals surface area contributed by atoms with Gasteiger partial charge in [-0.15, -0.1) is 0 Å². The van der Waals surface area contributed by atoms with Crippen LogP contribution in [-0.4, -0.2) is 0 Å². The second-order valence-electron chi connectivity index (χ2n) is 3.85. The lowest BCUT2D eigenvalue weighted by Crippen LogP contribution is -2.08. The molecular weight excluding hydrogens is 258 g/mol. The van der Waals surface area contributed by atoms with Crippen molar-refractivity contribution in [2.24, 2.45) is 0 Å². The summed E-state index contributed by atoms with van der Waals surface area (Å²) in [6.07, 6.45) is -4.65. The monoisotopic (exact) mass is 265 g/mol. The van der Waals surface area contributed by atoms with E-state index in [0.29, 0.717) is 0 Å². The molecule has 0 aliphatic heterocycles. The minimum absolute atomic E-state index is 0.0671. The topological polar surface area (TPSA) is 23.8 Å². The molecular formula is C14H7F4N. The number of rotatable bonds is 1. The molecule has 0 saturated carbocycles. The SMILES string of the molecule is N#Cc1ccc(-c2ccccc2F)cc1C(F)(F)F. The van der Waals surface area contributed by atoms with E-state index in [2.05, 4.69) is 0 Å². The maximum absolute atomic E-state index is 13.5. The molecule has 1 nitrogen and oxygen atoms in total. The van der Waals surface area contributed by atoms with Gasteiger partial charge >= 0.3 is 6.18 Å². The van der Waals surface area contributed by atoms with Crippen LogP contribution < -0.4 is 0 Å². The third-order valence-corrected chi connectivity index (χ3v) is 2.63. The maximum atomic E-state index is 13.5. The van der Waals surface area contributed by atoms with E-state index in [1.165, 1.54) is 36.4 Å². The molecule has 0 amide bonds. The normalized spacial score (nSPS) is 11.1. The second-order valence-corrected chi connectivity index (χ2v) is 3.85. The average Bonchev–Trinajstić information content (AvgIpc) is 2.37. The van der Waals surface area contributed by atoms with Crippen LogP contribution in [0.1, 0.15) is 11.1 Å². The van der Waals surface area contributed by atoms with E-state index in [0.717, 1.165) is 12.1 Å². The Morgan fingerprint density at radius 2 is 1.68 bits per heavy atom. The first-order chi connectivity index (χ1) is 8.93. The van der Waals surface area contributed by atoms with Crippen LogP contribution >= 0.6 is 0 Å². The zero-order chi connectivity index (χ0) is 14.0. The van der Waals surface area contributed by atoms with Crippen molar-refractivity contribution in [2.45, 2.75) is 6.18 Å². The van der Waals surface area contributed by atoms with Crippen molar-refractivity contribution >= 4 is 0 Å². The summed E-state index contributed by atoms with van der Waals surface area (Å²) in [5, 5.41) is 8.67. The first-order valence-corrected chi connectivity index (χ1v) is 5.29. The average molecular weight is 265 g/mol. The smallest absolute Gasteiger partial charge is 0.206 e. The summed E-state index contributed by atoms with van der Waals surface area (Å²) in [5.74, 6) is -0.611. The van der Waals surface area contributed by atoms with Gasteiger partial charge in [-0.2, -0.15) is 18.4 Å². The molecule has 0 aromatic heterocycles. The molecule has 0 unspecified atom stereocenters. The Bertz CT molecular complexity index is 653. The number of hydrogen-bond donors (Lipinski definition) is 0.